The van der Waals surface area contributed by atoms with Gasteiger partial charge in [0.1, 0.15) is 4.21 Å². The summed E-state index contributed by atoms with van der Waals surface area (Å²) in [6.07, 6.45) is 5.40. The van der Waals surface area contributed by atoms with Crippen LogP contribution < -0.4 is 10.5 Å². The zero-order chi connectivity index (χ0) is 14.8. The molecule has 1 aliphatic rings. The Hall–Kier alpha value is -0.500. The smallest absolute Gasteiger partial charge is 0.250 e. The summed E-state index contributed by atoms with van der Waals surface area (Å²) in [5, 5.41) is 0. The third kappa shape index (κ3) is 3.78. The Morgan fingerprint density at radius 3 is 2.55 bits per heavy atom. The van der Waals surface area contributed by atoms with E-state index in [1.54, 1.807) is 12.1 Å². The minimum absolute atomic E-state index is 0.220. The van der Waals surface area contributed by atoms with Gasteiger partial charge in [0.05, 0.1) is 11.0 Å². The van der Waals surface area contributed by atoms with E-state index in [4.69, 9.17) is 18.0 Å². The van der Waals surface area contributed by atoms with E-state index in [-0.39, 0.29) is 10.9 Å². The molecule has 3 N–H and O–H groups in total. The van der Waals surface area contributed by atoms with Crippen LogP contribution in [0.1, 0.15) is 37.0 Å². The maximum Gasteiger partial charge on any atom is 0.250 e. The van der Waals surface area contributed by atoms with E-state index in [0.717, 1.165) is 30.6 Å². The summed E-state index contributed by atoms with van der Waals surface area (Å²) in [5.74, 6) is 0.220. The lowest BCUT2D eigenvalue weighted by atomic mass is 9.84. The molecule has 1 unspecified atom stereocenters. The van der Waals surface area contributed by atoms with Crippen molar-refractivity contribution in [1.29, 1.82) is 0 Å². The fourth-order valence-electron chi connectivity index (χ4n) is 2.64. The van der Waals surface area contributed by atoms with Crippen LogP contribution in [0.25, 0.3) is 0 Å². The number of aryl methyl sites for hydroxylation is 1. The van der Waals surface area contributed by atoms with E-state index in [1.165, 1.54) is 17.8 Å². The second-order valence-corrected chi connectivity index (χ2v) is 8.96. The number of rotatable bonds is 5. The van der Waals surface area contributed by atoms with Crippen LogP contribution in [0, 0.1) is 12.8 Å². The monoisotopic (exact) mass is 332 g/mol. The average molecular weight is 333 g/mol. The molecular weight excluding hydrogens is 312 g/mol. The minimum Gasteiger partial charge on any atom is -0.392 e. The third-order valence-corrected chi connectivity index (χ3v) is 6.88. The standard InChI is InChI=1S/C13H20N2O2S3/c1-9-7-8-11(19-9)20(16,17)15-12(13(14)18)10-5-3-2-4-6-10/h7-8,10,12,15H,2-6H2,1H3,(H2,14,18). The Morgan fingerprint density at radius 2 is 2.05 bits per heavy atom. The largest absolute Gasteiger partial charge is 0.392 e. The van der Waals surface area contributed by atoms with E-state index in [2.05, 4.69) is 4.72 Å². The summed E-state index contributed by atoms with van der Waals surface area (Å²) in [6.45, 7) is 1.88. The van der Waals surface area contributed by atoms with Gasteiger partial charge in [-0.3, -0.25) is 0 Å². The van der Waals surface area contributed by atoms with Crippen LogP contribution in [0.5, 0.6) is 0 Å². The number of hydrogen-bond acceptors (Lipinski definition) is 4. The van der Waals surface area contributed by atoms with Crippen molar-refractivity contribution in [3.05, 3.63) is 17.0 Å². The Bertz CT molecular complexity index is 574. The lowest BCUT2D eigenvalue weighted by Crippen LogP contribution is -2.48. The summed E-state index contributed by atoms with van der Waals surface area (Å²) >= 11 is 6.34. The molecule has 1 saturated carbocycles. The molecule has 0 radical (unpaired) electrons. The molecule has 1 aromatic rings. The molecule has 4 nitrogen and oxygen atoms in total. The van der Waals surface area contributed by atoms with Crippen molar-refractivity contribution in [2.24, 2.45) is 11.7 Å². The van der Waals surface area contributed by atoms with E-state index in [9.17, 15) is 8.42 Å². The first kappa shape index (κ1) is 15.9. The van der Waals surface area contributed by atoms with Crippen molar-refractivity contribution >= 4 is 38.6 Å². The first-order chi connectivity index (χ1) is 9.40. The van der Waals surface area contributed by atoms with Crippen LogP contribution in [-0.4, -0.2) is 19.4 Å². The summed E-state index contributed by atoms with van der Waals surface area (Å²) in [4.78, 5) is 1.21. The Kier molecular flexibility index (Phi) is 5.17. The Morgan fingerprint density at radius 1 is 1.40 bits per heavy atom. The predicted molar refractivity (Wildman–Crippen MR) is 86.5 cm³/mol. The van der Waals surface area contributed by atoms with Gasteiger partial charge in [-0.1, -0.05) is 31.5 Å². The van der Waals surface area contributed by atoms with Crippen molar-refractivity contribution < 1.29 is 8.42 Å². The van der Waals surface area contributed by atoms with E-state index < -0.39 is 16.1 Å². The molecule has 0 amide bonds. The molecule has 0 saturated heterocycles. The average Bonchev–Trinajstić information content (AvgIpc) is 2.84. The predicted octanol–water partition coefficient (Wildman–Crippen LogP) is 2.57. The highest BCUT2D eigenvalue weighted by Crippen LogP contribution is 2.28. The molecule has 7 heteroatoms. The van der Waals surface area contributed by atoms with Gasteiger partial charge in [-0.2, -0.15) is 0 Å². The van der Waals surface area contributed by atoms with Gasteiger partial charge in [-0.25, -0.2) is 13.1 Å². The van der Waals surface area contributed by atoms with E-state index in [0.29, 0.717) is 4.21 Å². The van der Waals surface area contributed by atoms with Crippen LogP contribution in [0.3, 0.4) is 0 Å². The van der Waals surface area contributed by atoms with Gasteiger partial charge in [0.15, 0.2) is 0 Å². The maximum atomic E-state index is 12.4. The molecule has 2 rings (SSSR count). The summed E-state index contributed by atoms with van der Waals surface area (Å²) < 4.78 is 27.8. The zero-order valence-electron chi connectivity index (χ0n) is 11.5. The number of sulfonamides is 1. The van der Waals surface area contributed by atoms with Crippen LogP contribution in [0.4, 0.5) is 0 Å². The normalized spacial score (nSPS) is 18.9. The lowest BCUT2D eigenvalue weighted by Gasteiger charge is -2.29. The molecule has 0 aromatic carbocycles. The fourth-order valence-corrected chi connectivity index (χ4v) is 5.55. The topological polar surface area (TPSA) is 72.2 Å². The van der Waals surface area contributed by atoms with Crippen molar-refractivity contribution in [3.8, 4) is 0 Å². The molecule has 112 valence electrons. The molecule has 0 bridgehead atoms. The highest BCUT2D eigenvalue weighted by molar-refractivity contribution is 7.91. The molecule has 0 spiro atoms. The molecule has 1 aromatic heterocycles. The number of nitrogens with one attached hydrogen (secondary N) is 1. The molecule has 1 fully saturated rings. The molecule has 1 heterocycles. The van der Waals surface area contributed by atoms with Crippen molar-refractivity contribution in [1.82, 2.24) is 4.72 Å². The zero-order valence-corrected chi connectivity index (χ0v) is 13.9. The number of thiocarbonyl (C=S) groups is 1. The maximum absolute atomic E-state index is 12.4. The number of nitrogens with two attached hydrogens (primary N) is 1. The molecule has 20 heavy (non-hydrogen) atoms. The second kappa shape index (κ2) is 6.51. The highest BCUT2D eigenvalue weighted by atomic mass is 32.2. The Labute approximate surface area is 129 Å². The minimum atomic E-state index is -3.53. The number of thiophene rings is 1. The van der Waals surface area contributed by atoms with Crippen LogP contribution in [0.2, 0.25) is 0 Å². The lowest BCUT2D eigenvalue weighted by molar-refractivity contribution is 0.330. The molecule has 1 aliphatic carbocycles. The van der Waals surface area contributed by atoms with Crippen molar-refractivity contribution in [2.45, 2.75) is 49.3 Å². The van der Waals surface area contributed by atoms with Crippen LogP contribution in [0.15, 0.2) is 16.3 Å². The van der Waals surface area contributed by atoms with Gasteiger partial charge in [-0.05, 0) is 37.8 Å². The quantitative estimate of drug-likeness (QED) is 0.813. The van der Waals surface area contributed by atoms with E-state index in [1.807, 2.05) is 6.92 Å². The van der Waals surface area contributed by atoms with Crippen molar-refractivity contribution in [3.63, 3.8) is 0 Å². The van der Waals surface area contributed by atoms with Gasteiger partial charge in [0.2, 0.25) is 0 Å². The summed E-state index contributed by atoms with van der Waals surface area (Å²) in [7, 11) is -3.53. The fraction of sp³-hybridized carbons (Fsp3) is 0.615. The van der Waals surface area contributed by atoms with Crippen LogP contribution >= 0.6 is 23.6 Å². The van der Waals surface area contributed by atoms with Gasteiger partial charge in [0.25, 0.3) is 10.0 Å². The number of hydrogen-bond donors (Lipinski definition) is 2. The van der Waals surface area contributed by atoms with Crippen molar-refractivity contribution in [2.75, 3.05) is 0 Å². The summed E-state index contributed by atoms with van der Waals surface area (Å²) in [5.41, 5.74) is 5.77. The molecular formula is C13H20N2O2S3. The molecule has 0 aliphatic heterocycles. The molecule has 1 atom stereocenters. The first-order valence-corrected chi connectivity index (χ1v) is 9.49. The first-order valence-electron chi connectivity index (χ1n) is 6.78. The van der Waals surface area contributed by atoms with Crippen LogP contribution in [-0.2, 0) is 10.0 Å². The third-order valence-electron chi connectivity index (χ3n) is 3.69. The highest BCUT2D eigenvalue weighted by Gasteiger charge is 2.30. The SMILES string of the molecule is Cc1ccc(S(=O)(=O)NC(C(N)=S)C2CCCCC2)s1. The van der Waals surface area contributed by atoms with Gasteiger partial charge < -0.3 is 5.73 Å². The van der Waals surface area contributed by atoms with Gasteiger partial charge in [0, 0.05) is 4.88 Å². The van der Waals surface area contributed by atoms with Gasteiger partial charge >= 0.3 is 0 Å². The van der Waals surface area contributed by atoms with Gasteiger partial charge in [-0.15, -0.1) is 11.3 Å². The second-order valence-electron chi connectivity index (χ2n) is 5.26. The Balaban J connectivity index is 2.17. The summed E-state index contributed by atoms with van der Waals surface area (Å²) in [6, 6.07) is 2.99. The van der Waals surface area contributed by atoms with E-state index >= 15 is 0 Å².